The van der Waals surface area contributed by atoms with Gasteiger partial charge in [-0.15, -0.1) is 0 Å². The first-order valence-corrected chi connectivity index (χ1v) is 17.8. The fourth-order valence-electron chi connectivity index (χ4n) is 5.49. The Hall–Kier alpha value is -4.36. The van der Waals surface area contributed by atoms with Crippen molar-refractivity contribution in [1.29, 1.82) is 5.26 Å². The highest BCUT2D eigenvalue weighted by Gasteiger charge is 2.42. The van der Waals surface area contributed by atoms with E-state index in [4.69, 9.17) is 24.5 Å². The van der Waals surface area contributed by atoms with E-state index in [9.17, 15) is 19.6 Å². The van der Waals surface area contributed by atoms with Crippen LogP contribution in [0.15, 0.2) is 41.5 Å². The maximum atomic E-state index is 12.2. The number of benzene rings is 2. The van der Waals surface area contributed by atoms with E-state index in [1.165, 1.54) is 6.08 Å². The molecule has 0 aliphatic carbocycles. The number of unbranched alkanes of at least 4 members (excludes halogenated alkanes) is 1. The summed E-state index contributed by atoms with van der Waals surface area (Å²) < 4.78 is 21.9. The number of carbonyl (C=O) groups is 3. The molecule has 0 spiro atoms. The Bertz CT molecular complexity index is 1560. The van der Waals surface area contributed by atoms with Gasteiger partial charge < -0.3 is 40.2 Å². The molecule has 0 saturated carbocycles. The van der Waals surface area contributed by atoms with Crippen molar-refractivity contribution in [3.63, 3.8) is 0 Å². The molecule has 2 heterocycles. The number of nitriles is 1. The van der Waals surface area contributed by atoms with E-state index in [0.29, 0.717) is 77.6 Å². The zero-order valence-corrected chi connectivity index (χ0v) is 28.8. The zero-order chi connectivity index (χ0) is 35.4. The van der Waals surface area contributed by atoms with Gasteiger partial charge in [-0.1, -0.05) is 23.7 Å². The molecule has 2 saturated heterocycles. The number of urea groups is 1. The van der Waals surface area contributed by atoms with Crippen LogP contribution in [0.3, 0.4) is 0 Å². The Morgan fingerprint density at radius 2 is 1.66 bits per heavy atom. The molecule has 0 aromatic heterocycles. The van der Waals surface area contributed by atoms with E-state index in [1.54, 1.807) is 18.2 Å². The van der Waals surface area contributed by atoms with Crippen molar-refractivity contribution >= 4 is 52.1 Å². The summed E-state index contributed by atoms with van der Waals surface area (Å²) in [6.07, 6.45) is 6.39. The first-order chi connectivity index (χ1) is 24.5. The number of nitrogens with one attached hydrogen (secondary N) is 4. The standard InChI is InChI=1S/C34H44N8O7S/c35-22-27-20-26-19-24(5-7-25(26)21-28(27)41-42-36)6-8-32(44)38-10-12-47-14-16-49-18-17-48-15-13-46-11-9-37-31(43)4-2-1-3-30-33-29(23-50-30)39-34(45)40-33/h5-8,19-21,29-30,33H,1-4,9-18,23H2,(H,37,43)(H,38,44)(H2,39,40,45)/b8-6+/t29-,30-,33-/m0/s1. The molecule has 2 fully saturated rings. The molecule has 2 aliphatic rings. The van der Waals surface area contributed by atoms with Crippen LogP contribution < -0.4 is 21.3 Å². The summed E-state index contributed by atoms with van der Waals surface area (Å²) in [4.78, 5) is 38.4. The van der Waals surface area contributed by atoms with Crippen LogP contribution in [0.1, 0.15) is 36.8 Å². The van der Waals surface area contributed by atoms with Gasteiger partial charge in [-0.3, -0.25) is 9.59 Å². The maximum Gasteiger partial charge on any atom is 0.315 e. The Morgan fingerprint density at radius 1 is 0.960 bits per heavy atom. The number of thioether (sulfide) groups is 1. The van der Waals surface area contributed by atoms with Gasteiger partial charge in [0.15, 0.2) is 0 Å². The molecule has 2 aliphatic heterocycles. The van der Waals surface area contributed by atoms with Crippen LogP contribution in [0.5, 0.6) is 0 Å². The second-order valence-corrected chi connectivity index (χ2v) is 12.8. The van der Waals surface area contributed by atoms with Crippen molar-refractivity contribution in [2.24, 2.45) is 5.11 Å². The number of fused-ring (bicyclic) bond motifs is 2. The highest BCUT2D eigenvalue weighted by Crippen LogP contribution is 2.33. The second-order valence-electron chi connectivity index (χ2n) is 11.6. The second kappa shape index (κ2) is 21.7. The fraction of sp³-hybridized carbons (Fsp3) is 0.529. The third-order valence-corrected chi connectivity index (χ3v) is 9.50. The predicted molar refractivity (Wildman–Crippen MR) is 190 cm³/mol. The van der Waals surface area contributed by atoms with Crippen LogP contribution in [0.2, 0.25) is 0 Å². The molecule has 2 aromatic carbocycles. The van der Waals surface area contributed by atoms with Gasteiger partial charge >= 0.3 is 6.03 Å². The molecule has 4 amide bonds. The third-order valence-electron chi connectivity index (χ3n) is 7.99. The summed E-state index contributed by atoms with van der Waals surface area (Å²) in [7, 11) is 0. The highest BCUT2D eigenvalue weighted by molar-refractivity contribution is 8.00. The lowest BCUT2D eigenvalue weighted by atomic mass is 10.0. The van der Waals surface area contributed by atoms with E-state index in [1.807, 2.05) is 36.0 Å². The van der Waals surface area contributed by atoms with Gasteiger partial charge in [0.2, 0.25) is 11.8 Å². The SMILES string of the molecule is N#Cc1cc2cc(/C=C/C(=O)NCCOCCOCCOCCOCCNC(=O)CCCC[C@@H]3SC[C@@H]4NC(=O)N[C@@H]43)ccc2cc1N=[N+]=[N-]. The summed E-state index contributed by atoms with van der Waals surface area (Å²) in [5.74, 6) is 0.717. The van der Waals surface area contributed by atoms with Crippen molar-refractivity contribution in [2.45, 2.75) is 43.0 Å². The Labute approximate surface area is 295 Å². The average Bonchev–Trinajstić information content (AvgIpc) is 3.67. The van der Waals surface area contributed by atoms with Crippen LogP contribution in [0, 0.1) is 11.3 Å². The van der Waals surface area contributed by atoms with E-state index in [2.05, 4.69) is 31.3 Å². The number of carbonyl (C=O) groups excluding carboxylic acids is 3. The molecule has 50 heavy (non-hydrogen) atoms. The third kappa shape index (κ3) is 13.2. The highest BCUT2D eigenvalue weighted by atomic mass is 32.2. The quantitative estimate of drug-likeness (QED) is 0.0331. The largest absolute Gasteiger partial charge is 0.377 e. The topological polar surface area (TPSA) is 209 Å². The van der Waals surface area contributed by atoms with E-state index < -0.39 is 0 Å². The van der Waals surface area contributed by atoms with Crippen LogP contribution in [0.25, 0.3) is 27.3 Å². The first kappa shape index (κ1) is 38.4. The minimum absolute atomic E-state index is 0.0254. The lowest BCUT2D eigenvalue weighted by Gasteiger charge is -2.16. The molecule has 0 bridgehead atoms. The minimum Gasteiger partial charge on any atom is -0.377 e. The molecule has 4 N–H and O–H groups in total. The van der Waals surface area contributed by atoms with E-state index in [0.717, 1.165) is 41.4 Å². The molecule has 16 heteroatoms. The maximum absolute atomic E-state index is 12.2. The summed E-state index contributed by atoms with van der Waals surface area (Å²) >= 11 is 1.89. The van der Waals surface area contributed by atoms with Gasteiger partial charge in [-0.25, -0.2) is 4.79 Å². The van der Waals surface area contributed by atoms with Crippen molar-refractivity contribution in [1.82, 2.24) is 21.3 Å². The predicted octanol–water partition coefficient (Wildman–Crippen LogP) is 3.69. The molecule has 0 radical (unpaired) electrons. The van der Waals surface area contributed by atoms with Crippen molar-refractivity contribution in [3.8, 4) is 6.07 Å². The number of nitrogens with zero attached hydrogens (tertiary/aromatic N) is 4. The molecule has 4 rings (SSSR count). The first-order valence-electron chi connectivity index (χ1n) is 16.7. The molecule has 2 aromatic rings. The van der Waals surface area contributed by atoms with Crippen LogP contribution in [0.4, 0.5) is 10.5 Å². The molecular weight excluding hydrogens is 664 g/mol. The van der Waals surface area contributed by atoms with Gasteiger partial charge in [-0.05, 0) is 59.0 Å². The lowest BCUT2D eigenvalue weighted by Crippen LogP contribution is -2.36. The number of ether oxygens (including phenoxy) is 4. The lowest BCUT2D eigenvalue weighted by molar-refractivity contribution is -0.121. The zero-order valence-electron chi connectivity index (χ0n) is 27.9. The molecule has 15 nitrogen and oxygen atoms in total. The van der Waals surface area contributed by atoms with Crippen molar-refractivity contribution in [2.75, 3.05) is 71.7 Å². The average molecular weight is 709 g/mol. The van der Waals surface area contributed by atoms with E-state index in [-0.39, 0.29) is 41.2 Å². The number of hydrogen-bond donors (Lipinski definition) is 4. The van der Waals surface area contributed by atoms with Crippen LogP contribution >= 0.6 is 11.8 Å². The Balaban J connectivity index is 0.897. The molecule has 268 valence electrons. The van der Waals surface area contributed by atoms with Crippen LogP contribution in [-0.4, -0.2) is 107 Å². The summed E-state index contributed by atoms with van der Waals surface area (Å²) in [5, 5.41) is 26.5. The van der Waals surface area contributed by atoms with Crippen molar-refractivity contribution < 1.29 is 33.3 Å². The van der Waals surface area contributed by atoms with Crippen LogP contribution in [-0.2, 0) is 28.5 Å². The Kier molecular flexibility index (Phi) is 16.7. The summed E-state index contributed by atoms with van der Waals surface area (Å²) in [6.45, 7) is 4.09. The van der Waals surface area contributed by atoms with E-state index >= 15 is 0 Å². The monoisotopic (exact) mass is 708 g/mol. The normalized spacial score (nSPS) is 17.9. The smallest absolute Gasteiger partial charge is 0.315 e. The number of amides is 4. The van der Waals surface area contributed by atoms with Gasteiger partial charge in [0, 0.05) is 41.5 Å². The number of azide groups is 1. The molecule has 0 unspecified atom stereocenters. The van der Waals surface area contributed by atoms with Crippen molar-refractivity contribution in [3.05, 3.63) is 58.0 Å². The fourth-order valence-corrected chi connectivity index (χ4v) is 7.04. The van der Waals surface area contributed by atoms with Gasteiger partial charge in [0.1, 0.15) is 0 Å². The summed E-state index contributed by atoms with van der Waals surface area (Å²) in [5.41, 5.74) is 10.0. The van der Waals surface area contributed by atoms with Gasteiger partial charge in [0.05, 0.1) is 82.3 Å². The number of hydrogen-bond acceptors (Lipinski definition) is 10. The van der Waals surface area contributed by atoms with Gasteiger partial charge in [0.25, 0.3) is 0 Å². The summed E-state index contributed by atoms with van der Waals surface area (Å²) in [6, 6.07) is 11.2. The molecule has 3 atom stereocenters. The molecular formula is C34H44N8O7S. The number of rotatable bonds is 23. The van der Waals surface area contributed by atoms with Gasteiger partial charge in [-0.2, -0.15) is 17.0 Å². The minimum atomic E-state index is -0.258. The Morgan fingerprint density at radius 3 is 2.36 bits per heavy atom.